The third-order valence-corrected chi connectivity index (χ3v) is 4.12. The van der Waals surface area contributed by atoms with Crippen LogP contribution in [0.2, 0.25) is 5.02 Å². The summed E-state index contributed by atoms with van der Waals surface area (Å²) < 4.78 is 0. The normalized spacial score (nSPS) is 23.0. The van der Waals surface area contributed by atoms with Crippen molar-refractivity contribution in [3.63, 3.8) is 0 Å². The van der Waals surface area contributed by atoms with E-state index in [4.69, 9.17) is 11.6 Å². The van der Waals surface area contributed by atoms with Crippen molar-refractivity contribution < 1.29 is 4.79 Å². The molecule has 1 atom stereocenters. The van der Waals surface area contributed by atoms with E-state index >= 15 is 0 Å². The van der Waals surface area contributed by atoms with E-state index in [0.29, 0.717) is 5.02 Å². The van der Waals surface area contributed by atoms with Gasteiger partial charge in [0.1, 0.15) is 0 Å². The predicted molar refractivity (Wildman–Crippen MR) is 73.1 cm³/mol. The van der Waals surface area contributed by atoms with Gasteiger partial charge in [-0.2, -0.15) is 5.10 Å². The van der Waals surface area contributed by atoms with Crippen molar-refractivity contribution >= 4 is 28.9 Å². The van der Waals surface area contributed by atoms with Crippen LogP contribution in [0.5, 0.6) is 0 Å². The number of amides is 1. The fourth-order valence-corrected chi connectivity index (χ4v) is 2.78. The van der Waals surface area contributed by atoms with Crippen LogP contribution in [-0.4, -0.2) is 11.6 Å². The molecule has 18 heavy (non-hydrogen) atoms. The molecule has 4 heteroatoms. The van der Waals surface area contributed by atoms with Crippen LogP contribution in [0.3, 0.4) is 0 Å². The molecule has 0 N–H and O–H groups in total. The molecule has 0 radical (unpaired) electrons. The second-order valence-electron chi connectivity index (χ2n) is 4.97. The van der Waals surface area contributed by atoms with Crippen LogP contribution in [-0.2, 0) is 4.79 Å². The Morgan fingerprint density at radius 2 is 2.22 bits per heavy atom. The number of benzene rings is 1. The lowest BCUT2D eigenvalue weighted by Crippen LogP contribution is -2.28. The van der Waals surface area contributed by atoms with Crippen LogP contribution in [0.25, 0.3) is 0 Å². The van der Waals surface area contributed by atoms with Gasteiger partial charge in [0.05, 0.1) is 17.3 Å². The van der Waals surface area contributed by atoms with Crippen molar-refractivity contribution in [2.24, 2.45) is 11.0 Å². The zero-order valence-corrected chi connectivity index (χ0v) is 11.1. The molecule has 0 saturated heterocycles. The molecule has 94 valence electrons. The molecule has 0 spiro atoms. The Balaban J connectivity index is 1.95. The van der Waals surface area contributed by atoms with Gasteiger partial charge in [-0.25, -0.2) is 5.01 Å². The van der Waals surface area contributed by atoms with Gasteiger partial charge in [-0.15, -0.1) is 0 Å². The van der Waals surface area contributed by atoms with E-state index < -0.39 is 0 Å². The fraction of sp³-hybridized carbons (Fsp3) is 0.429. The first-order valence-corrected chi connectivity index (χ1v) is 6.72. The average molecular weight is 263 g/mol. The second kappa shape index (κ2) is 4.39. The topological polar surface area (TPSA) is 32.7 Å². The number of carbonyl (C=O) groups excluding carboxylic acids is 1. The average Bonchev–Trinajstić information content (AvgIpc) is 2.71. The number of carbonyl (C=O) groups is 1. The highest BCUT2D eigenvalue weighted by Gasteiger charge is 2.37. The van der Waals surface area contributed by atoms with Gasteiger partial charge in [-0.05, 0) is 43.9 Å². The van der Waals surface area contributed by atoms with Crippen molar-refractivity contribution in [1.82, 2.24) is 0 Å². The van der Waals surface area contributed by atoms with E-state index in [2.05, 4.69) is 5.10 Å². The van der Waals surface area contributed by atoms with Crippen molar-refractivity contribution in [3.8, 4) is 0 Å². The SMILES string of the molecule is Cc1ccc(N2N=C3CCCCC3C2=O)cc1Cl. The van der Waals surface area contributed by atoms with Crippen molar-refractivity contribution in [2.75, 3.05) is 5.01 Å². The van der Waals surface area contributed by atoms with Crippen LogP contribution in [0.1, 0.15) is 31.2 Å². The van der Waals surface area contributed by atoms with Crippen LogP contribution < -0.4 is 5.01 Å². The summed E-state index contributed by atoms with van der Waals surface area (Å²) in [5, 5.41) is 6.67. The lowest BCUT2D eigenvalue weighted by molar-refractivity contribution is -0.120. The van der Waals surface area contributed by atoms with E-state index in [0.717, 1.165) is 42.6 Å². The summed E-state index contributed by atoms with van der Waals surface area (Å²) in [6.07, 6.45) is 4.16. The monoisotopic (exact) mass is 262 g/mol. The maximum absolute atomic E-state index is 12.3. The number of aryl methyl sites for hydroxylation is 1. The van der Waals surface area contributed by atoms with Crippen LogP contribution in [0.15, 0.2) is 23.3 Å². The second-order valence-corrected chi connectivity index (χ2v) is 5.38. The fourth-order valence-electron chi connectivity index (χ4n) is 2.60. The molecule has 1 aromatic rings. The molecule has 1 aromatic carbocycles. The predicted octanol–water partition coefficient (Wildman–Crippen LogP) is 3.54. The summed E-state index contributed by atoms with van der Waals surface area (Å²) in [5.74, 6) is 0.114. The number of fused-ring (bicyclic) bond motifs is 1. The minimum Gasteiger partial charge on any atom is -0.272 e. The molecule has 1 heterocycles. The standard InChI is InChI=1S/C14H15ClN2O/c1-9-6-7-10(8-12(9)15)17-14(18)11-4-2-3-5-13(11)16-17/h6-8,11H,2-5H2,1H3. The van der Waals surface area contributed by atoms with Gasteiger partial charge >= 0.3 is 0 Å². The molecule has 2 aliphatic rings. The summed E-state index contributed by atoms with van der Waals surface area (Å²) >= 11 is 6.11. The summed E-state index contributed by atoms with van der Waals surface area (Å²) in [4.78, 5) is 12.3. The minimum absolute atomic E-state index is 0.0128. The lowest BCUT2D eigenvalue weighted by atomic mass is 9.87. The minimum atomic E-state index is 0.0128. The van der Waals surface area contributed by atoms with E-state index in [1.807, 2.05) is 25.1 Å². The van der Waals surface area contributed by atoms with Gasteiger partial charge < -0.3 is 0 Å². The maximum atomic E-state index is 12.3. The molecule has 1 aliphatic carbocycles. The van der Waals surface area contributed by atoms with Crippen LogP contribution in [0.4, 0.5) is 5.69 Å². The van der Waals surface area contributed by atoms with Crippen LogP contribution in [0, 0.1) is 12.8 Å². The Morgan fingerprint density at radius 3 is 2.94 bits per heavy atom. The van der Waals surface area contributed by atoms with Gasteiger partial charge in [-0.3, -0.25) is 4.79 Å². The number of hydrogen-bond acceptors (Lipinski definition) is 2. The molecule has 1 amide bonds. The lowest BCUT2D eigenvalue weighted by Gasteiger charge is -2.17. The summed E-state index contributed by atoms with van der Waals surface area (Å²) in [5.41, 5.74) is 2.83. The number of hydrazone groups is 1. The Labute approximate surface area is 111 Å². The van der Waals surface area contributed by atoms with Crippen LogP contribution >= 0.6 is 11.6 Å². The van der Waals surface area contributed by atoms with E-state index in [9.17, 15) is 4.79 Å². The molecule has 3 nitrogen and oxygen atoms in total. The smallest absolute Gasteiger partial charge is 0.256 e. The zero-order chi connectivity index (χ0) is 12.7. The largest absolute Gasteiger partial charge is 0.272 e. The number of rotatable bonds is 1. The molecule has 1 fully saturated rings. The molecular formula is C14H15ClN2O. The Hall–Kier alpha value is -1.35. The quantitative estimate of drug-likeness (QED) is 0.762. The van der Waals surface area contributed by atoms with E-state index in [-0.39, 0.29) is 11.8 Å². The van der Waals surface area contributed by atoms with E-state index in [1.165, 1.54) is 5.01 Å². The van der Waals surface area contributed by atoms with Gasteiger partial charge in [0.2, 0.25) is 0 Å². The number of hydrogen-bond donors (Lipinski definition) is 0. The molecule has 1 saturated carbocycles. The van der Waals surface area contributed by atoms with Crippen molar-refractivity contribution in [3.05, 3.63) is 28.8 Å². The van der Waals surface area contributed by atoms with E-state index in [1.54, 1.807) is 0 Å². The highest BCUT2D eigenvalue weighted by Crippen LogP contribution is 2.33. The Bertz CT molecular complexity index is 539. The number of nitrogens with zero attached hydrogens (tertiary/aromatic N) is 2. The molecular weight excluding hydrogens is 248 g/mol. The third-order valence-electron chi connectivity index (χ3n) is 3.71. The molecule has 1 aliphatic heterocycles. The van der Waals surface area contributed by atoms with Crippen molar-refractivity contribution in [1.29, 1.82) is 0 Å². The summed E-state index contributed by atoms with van der Waals surface area (Å²) in [6, 6.07) is 5.64. The first-order chi connectivity index (χ1) is 8.66. The summed E-state index contributed by atoms with van der Waals surface area (Å²) in [7, 11) is 0. The molecule has 3 rings (SSSR count). The number of halogens is 1. The highest BCUT2D eigenvalue weighted by atomic mass is 35.5. The maximum Gasteiger partial charge on any atom is 0.256 e. The zero-order valence-electron chi connectivity index (χ0n) is 10.3. The Morgan fingerprint density at radius 1 is 1.39 bits per heavy atom. The number of anilines is 1. The third kappa shape index (κ3) is 1.83. The van der Waals surface area contributed by atoms with Gasteiger partial charge in [0.15, 0.2) is 0 Å². The molecule has 0 bridgehead atoms. The molecule has 1 unspecified atom stereocenters. The van der Waals surface area contributed by atoms with Gasteiger partial charge in [0, 0.05) is 5.02 Å². The summed E-state index contributed by atoms with van der Waals surface area (Å²) in [6.45, 7) is 1.95. The molecule has 0 aromatic heterocycles. The Kier molecular flexibility index (Phi) is 2.86. The first kappa shape index (κ1) is 11.7. The van der Waals surface area contributed by atoms with Crippen molar-refractivity contribution in [2.45, 2.75) is 32.6 Å². The highest BCUT2D eigenvalue weighted by molar-refractivity contribution is 6.31. The van der Waals surface area contributed by atoms with Gasteiger partial charge in [0.25, 0.3) is 5.91 Å². The van der Waals surface area contributed by atoms with Gasteiger partial charge in [-0.1, -0.05) is 24.1 Å². The first-order valence-electron chi connectivity index (χ1n) is 6.34.